The van der Waals surface area contributed by atoms with Gasteiger partial charge in [-0.25, -0.2) is 8.42 Å². The molecule has 28 heavy (non-hydrogen) atoms. The SMILES string of the molecule is CCNC(=NCCOCCS(C)(=O)=O)NC1CCC(c2ccccc2)CC1.I. The van der Waals surface area contributed by atoms with Crippen LogP contribution in [0.15, 0.2) is 35.3 Å². The number of halogens is 1. The summed E-state index contributed by atoms with van der Waals surface area (Å²) in [5, 5.41) is 6.81. The number of hydrogen-bond acceptors (Lipinski definition) is 4. The van der Waals surface area contributed by atoms with E-state index in [-0.39, 0.29) is 36.3 Å². The topological polar surface area (TPSA) is 79.8 Å². The van der Waals surface area contributed by atoms with E-state index >= 15 is 0 Å². The fourth-order valence-electron chi connectivity index (χ4n) is 3.34. The largest absolute Gasteiger partial charge is 0.378 e. The maximum Gasteiger partial charge on any atom is 0.191 e. The van der Waals surface area contributed by atoms with Gasteiger partial charge in [-0.15, -0.1) is 24.0 Å². The smallest absolute Gasteiger partial charge is 0.191 e. The number of nitrogens with one attached hydrogen (secondary N) is 2. The minimum absolute atomic E-state index is 0. The number of rotatable bonds is 9. The Labute approximate surface area is 186 Å². The third kappa shape index (κ3) is 10.1. The van der Waals surface area contributed by atoms with E-state index in [4.69, 9.17) is 4.74 Å². The van der Waals surface area contributed by atoms with E-state index in [0.717, 1.165) is 25.3 Å². The average Bonchev–Trinajstić information content (AvgIpc) is 2.65. The summed E-state index contributed by atoms with van der Waals surface area (Å²) in [6, 6.07) is 11.2. The molecule has 2 rings (SSSR count). The molecule has 1 fully saturated rings. The molecule has 0 aromatic heterocycles. The van der Waals surface area contributed by atoms with Crippen molar-refractivity contribution in [2.24, 2.45) is 4.99 Å². The highest BCUT2D eigenvalue weighted by atomic mass is 127. The van der Waals surface area contributed by atoms with Crippen molar-refractivity contribution >= 4 is 39.8 Å². The number of sulfone groups is 1. The van der Waals surface area contributed by atoms with Crippen LogP contribution in [0.4, 0.5) is 0 Å². The van der Waals surface area contributed by atoms with Crippen molar-refractivity contribution in [3.05, 3.63) is 35.9 Å². The third-order valence-corrected chi connectivity index (χ3v) is 5.70. The van der Waals surface area contributed by atoms with Crippen molar-refractivity contribution in [2.45, 2.75) is 44.6 Å². The van der Waals surface area contributed by atoms with Crippen molar-refractivity contribution in [1.82, 2.24) is 10.6 Å². The monoisotopic (exact) mass is 523 g/mol. The molecular weight excluding hydrogens is 489 g/mol. The molecule has 0 bridgehead atoms. The lowest BCUT2D eigenvalue weighted by Gasteiger charge is -2.30. The molecule has 1 aliphatic rings. The third-order valence-electron chi connectivity index (χ3n) is 4.79. The van der Waals surface area contributed by atoms with Gasteiger partial charge in [-0.3, -0.25) is 4.99 Å². The first-order valence-corrected chi connectivity index (χ1v) is 11.9. The van der Waals surface area contributed by atoms with Gasteiger partial charge in [-0.2, -0.15) is 0 Å². The zero-order valence-electron chi connectivity index (χ0n) is 16.9. The Morgan fingerprint density at radius 1 is 1.14 bits per heavy atom. The van der Waals surface area contributed by atoms with Crippen LogP contribution in [-0.2, 0) is 14.6 Å². The van der Waals surface area contributed by atoms with Gasteiger partial charge in [-0.05, 0) is 44.1 Å². The minimum Gasteiger partial charge on any atom is -0.378 e. The van der Waals surface area contributed by atoms with Crippen LogP contribution in [0.25, 0.3) is 0 Å². The standard InChI is InChI=1S/C20H33N3O3S.HI/c1-3-21-20(22-13-14-26-15-16-27(2,24)25)23-19-11-9-18(10-12-19)17-7-5-4-6-8-17;/h4-8,18-19H,3,9-16H2,1-2H3,(H2,21,22,23);1H. The van der Waals surface area contributed by atoms with Crippen LogP contribution in [0.3, 0.4) is 0 Å². The average molecular weight is 523 g/mol. The summed E-state index contributed by atoms with van der Waals surface area (Å²) in [7, 11) is -2.97. The van der Waals surface area contributed by atoms with Crippen molar-refractivity contribution in [2.75, 3.05) is 38.3 Å². The number of nitrogens with zero attached hydrogens (tertiary/aromatic N) is 1. The summed E-state index contributed by atoms with van der Waals surface area (Å²) in [5.74, 6) is 1.53. The second kappa shape index (κ2) is 13.4. The number of aliphatic imine (C=N–C) groups is 1. The molecule has 0 radical (unpaired) electrons. The summed E-state index contributed by atoms with van der Waals surface area (Å²) in [6.07, 6.45) is 5.86. The van der Waals surface area contributed by atoms with Crippen molar-refractivity contribution in [1.29, 1.82) is 0 Å². The predicted octanol–water partition coefficient (Wildman–Crippen LogP) is 2.95. The van der Waals surface area contributed by atoms with Crippen LogP contribution in [0.1, 0.15) is 44.1 Å². The van der Waals surface area contributed by atoms with E-state index in [1.54, 1.807) is 0 Å². The summed E-state index contributed by atoms with van der Waals surface area (Å²) in [5.41, 5.74) is 1.45. The molecule has 1 saturated carbocycles. The van der Waals surface area contributed by atoms with E-state index in [2.05, 4.69) is 46.0 Å². The van der Waals surface area contributed by atoms with E-state index in [1.807, 2.05) is 6.92 Å². The molecule has 160 valence electrons. The first-order valence-electron chi connectivity index (χ1n) is 9.83. The van der Waals surface area contributed by atoms with Crippen LogP contribution in [0, 0.1) is 0 Å². The Morgan fingerprint density at radius 3 is 2.43 bits per heavy atom. The molecule has 0 atom stereocenters. The molecular formula is C20H34IN3O3S. The second-order valence-electron chi connectivity index (χ2n) is 7.11. The molecule has 0 saturated heterocycles. The molecule has 1 aliphatic carbocycles. The highest BCUT2D eigenvalue weighted by Crippen LogP contribution is 2.32. The summed E-state index contributed by atoms with van der Waals surface area (Å²) in [4.78, 5) is 4.54. The van der Waals surface area contributed by atoms with Gasteiger partial charge < -0.3 is 15.4 Å². The van der Waals surface area contributed by atoms with Gasteiger partial charge in [0.1, 0.15) is 9.84 Å². The van der Waals surface area contributed by atoms with Gasteiger partial charge in [0.2, 0.25) is 0 Å². The maximum atomic E-state index is 11.1. The van der Waals surface area contributed by atoms with Gasteiger partial charge in [0.15, 0.2) is 5.96 Å². The van der Waals surface area contributed by atoms with Crippen molar-refractivity contribution < 1.29 is 13.2 Å². The lowest BCUT2D eigenvalue weighted by Crippen LogP contribution is -2.44. The van der Waals surface area contributed by atoms with Gasteiger partial charge in [0, 0.05) is 18.8 Å². The Kier molecular flexibility index (Phi) is 12.0. The highest BCUT2D eigenvalue weighted by Gasteiger charge is 2.22. The van der Waals surface area contributed by atoms with Gasteiger partial charge in [-0.1, -0.05) is 30.3 Å². The first-order chi connectivity index (χ1) is 13.0. The molecule has 1 aromatic carbocycles. The zero-order chi connectivity index (χ0) is 19.5. The van der Waals surface area contributed by atoms with Crippen molar-refractivity contribution in [3.63, 3.8) is 0 Å². The van der Waals surface area contributed by atoms with E-state index < -0.39 is 9.84 Å². The number of hydrogen-bond donors (Lipinski definition) is 2. The molecule has 0 aliphatic heterocycles. The highest BCUT2D eigenvalue weighted by molar-refractivity contribution is 14.0. The number of benzene rings is 1. The number of guanidine groups is 1. The van der Waals surface area contributed by atoms with Gasteiger partial charge in [0.25, 0.3) is 0 Å². The molecule has 2 N–H and O–H groups in total. The first kappa shape index (κ1) is 25.2. The van der Waals surface area contributed by atoms with E-state index in [0.29, 0.717) is 25.1 Å². The predicted molar refractivity (Wildman–Crippen MR) is 126 cm³/mol. The van der Waals surface area contributed by atoms with Gasteiger partial charge in [0.05, 0.1) is 25.5 Å². The Balaban J connectivity index is 0.00000392. The Hall–Kier alpha value is -0.870. The van der Waals surface area contributed by atoms with Crippen LogP contribution >= 0.6 is 24.0 Å². The maximum absolute atomic E-state index is 11.1. The number of ether oxygens (including phenoxy) is 1. The second-order valence-corrected chi connectivity index (χ2v) is 9.37. The molecule has 8 heteroatoms. The summed E-state index contributed by atoms with van der Waals surface area (Å²) < 4.78 is 27.5. The lowest BCUT2D eigenvalue weighted by atomic mass is 9.82. The Bertz CT molecular complexity index is 675. The zero-order valence-corrected chi connectivity index (χ0v) is 20.0. The van der Waals surface area contributed by atoms with Crippen LogP contribution in [-0.4, -0.2) is 58.7 Å². The quantitative estimate of drug-likeness (QED) is 0.225. The molecule has 0 spiro atoms. The van der Waals surface area contributed by atoms with Crippen molar-refractivity contribution in [3.8, 4) is 0 Å². The van der Waals surface area contributed by atoms with Crippen LogP contribution in [0.5, 0.6) is 0 Å². The normalized spacial score (nSPS) is 20.3. The minimum atomic E-state index is -2.97. The molecule has 6 nitrogen and oxygen atoms in total. The van der Waals surface area contributed by atoms with Crippen LogP contribution < -0.4 is 10.6 Å². The fourth-order valence-corrected chi connectivity index (χ4v) is 3.76. The van der Waals surface area contributed by atoms with Gasteiger partial charge >= 0.3 is 0 Å². The summed E-state index contributed by atoms with van der Waals surface area (Å²) in [6.45, 7) is 4.01. The fraction of sp³-hybridized carbons (Fsp3) is 0.650. The summed E-state index contributed by atoms with van der Waals surface area (Å²) >= 11 is 0. The van der Waals surface area contributed by atoms with Crippen LogP contribution in [0.2, 0.25) is 0 Å². The lowest BCUT2D eigenvalue weighted by molar-refractivity contribution is 0.157. The Morgan fingerprint density at radius 2 is 1.82 bits per heavy atom. The molecule has 0 heterocycles. The van der Waals surface area contributed by atoms with E-state index in [9.17, 15) is 8.42 Å². The molecule has 1 aromatic rings. The molecule has 0 amide bonds. The molecule has 0 unspecified atom stereocenters. The van der Waals surface area contributed by atoms with E-state index in [1.165, 1.54) is 24.7 Å².